The molecule has 2 nitrogen and oxygen atoms in total. The second-order valence-corrected chi connectivity index (χ2v) is 4.79. The molecule has 0 saturated heterocycles. The Morgan fingerprint density at radius 3 is 2.62 bits per heavy atom. The number of halogens is 1. The molecule has 0 amide bonds. The Labute approximate surface area is 102 Å². The van der Waals surface area contributed by atoms with E-state index in [1.165, 1.54) is 0 Å². The number of hydrogen-bond acceptors (Lipinski definition) is 2. The van der Waals surface area contributed by atoms with Crippen molar-refractivity contribution >= 4 is 11.6 Å². The summed E-state index contributed by atoms with van der Waals surface area (Å²) >= 11 is 5.85. The van der Waals surface area contributed by atoms with Gasteiger partial charge in [-0.2, -0.15) is 0 Å². The molecule has 1 unspecified atom stereocenters. The van der Waals surface area contributed by atoms with E-state index in [1.54, 1.807) is 0 Å². The van der Waals surface area contributed by atoms with Crippen molar-refractivity contribution in [3.05, 3.63) is 28.8 Å². The molecule has 0 fully saturated rings. The van der Waals surface area contributed by atoms with Crippen LogP contribution in [0.25, 0.3) is 0 Å². The fraction of sp³-hybridized carbons (Fsp3) is 0.538. The molecule has 0 saturated carbocycles. The van der Waals surface area contributed by atoms with Gasteiger partial charge >= 0.3 is 0 Å². The van der Waals surface area contributed by atoms with Crippen LogP contribution in [0.2, 0.25) is 5.02 Å². The standard InChI is InChI=1S/C13H19ClO2/c1-9(2)12(15)6-7-16-13-5-4-11(14)8-10(13)3/h4-5,8-9,12,15H,6-7H2,1-3H3. The predicted molar refractivity (Wildman–Crippen MR) is 67.1 cm³/mol. The van der Waals surface area contributed by atoms with E-state index in [2.05, 4.69) is 0 Å². The molecule has 3 heteroatoms. The minimum atomic E-state index is -0.299. The van der Waals surface area contributed by atoms with Crippen molar-refractivity contribution in [3.8, 4) is 5.75 Å². The zero-order chi connectivity index (χ0) is 12.1. The summed E-state index contributed by atoms with van der Waals surface area (Å²) in [6.45, 7) is 6.48. The number of benzene rings is 1. The normalized spacial score (nSPS) is 12.9. The molecule has 0 radical (unpaired) electrons. The zero-order valence-electron chi connectivity index (χ0n) is 10.0. The highest BCUT2D eigenvalue weighted by Gasteiger charge is 2.09. The van der Waals surface area contributed by atoms with Gasteiger partial charge in [0, 0.05) is 11.4 Å². The fourth-order valence-corrected chi connectivity index (χ4v) is 1.62. The van der Waals surface area contributed by atoms with Crippen molar-refractivity contribution in [3.63, 3.8) is 0 Å². The number of aliphatic hydroxyl groups is 1. The highest BCUT2D eigenvalue weighted by atomic mass is 35.5. The summed E-state index contributed by atoms with van der Waals surface area (Å²) in [7, 11) is 0. The average Bonchev–Trinajstić information content (AvgIpc) is 2.20. The number of aliphatic hydroxyl groups excluding tert-OH is 1. The minimum absolute atomic E-state index is 0.273. The summed E-state index contributed by atoms with van der Waals surface area (Å²) < 4.78 is 5.59. The third kappa shape index (κ3) is 4.03. The van der Waals surface area contributed by atoms with Crippen molar-refractivity contribution in [1.82, 2.24) is 0 Å². The van der Waals surface area contributed by atoms with Crippen LogP contribution in [0.1, 0.15) is 25.8 Å². The van der Waals surface area contributed by atoms with Crippen LogP contribution >= 0.6 is 11.6 Å². The molecule has 1 aromatic carbocycles. The molecule has 0 aliphatic rings. The first-order valence-electron chi connectivity index (χ1n) is 5.57. The maximum Gasteiger partial charge on any atom is 0.122 e. The highest BCUT2D eigenvalue weighted by molar-refractivity contribution is 6.30. The molecule has 1 atom stereocenters. The van der Waals surface area contributed by atoms with E-state index >= 15 is 0 Å². The van der Waals surface area contributed by atoms with Crippen LogP contribution in [0, 0.1) is 12.8 Å². The third-order valence-electron chi connectivity index (χ3n) is 2.58. The number of ether oxygens (including phenoxy) is 1. The minimum Gasteiger partial charge on any atom is -0.493 e. The van der Waals surface area contributed by atoms with Gasteiger partial charge in [0.25, 0.3) is 0 Å². The first-order chi connectivity index (χ1) is 7.50. The molecule has 90 valence electrons. The maximum absolute atomic E-state index is 9.62. The van der Waals surface area contributed by atoms with Crippen LogP contribution in [-0.4, -0.2) is 17.8 Å². The molecule has 1 N–H and O–H groups in total. The molecule has 0 bridgehead atoms. The number of aryl methyl sites for hydroxylation is 1. The fourth-order valence-electron chi connectivity index (χ4n) is 1.40. The molecule has 16 heavy (non-hydrogen) atoms. The second-order valence-electron chi connectivity index (χ2n) is 4.36. The van der Waals surface area contributed by atoms with Gasteiger partial charge in [-0.1, -0.05) is 25.4 Å². The lowest BCUT2D eigenvalue weighted by Gasteiger charge is -2.15. The number of hydrogen-bond donors (Lipinski definition) is 1. The van der Waals surface area contributed by atoms with Crippen LogP contribution in [-0.2, 0) is 0 Å². The Morgan fingerprint density at radius 2 is 2.06 bits per heavy atom. The molecule has 0 heterocycles. The van der Waals surface area contributed by atoms with E-state index in [0.717, 1.165) is 11.3 Å². The van der Waals surface area contributed by atoms with Crippen LogP contribution in [0.15, 0.2) is 18.2 Å². The summed E-state index contributed by atoms with van der Waals surface area (Å²) in [5.74, 6) is 1.11. The molecular weight excluding hydrogens is 224 g/mol. The molecule has 0 aromatic heterocycles. The first kappa shape index (κ1) is 13.3. The molecule has 0 aliphatic heterocycles. The van der Waals surface area contributed by atoms with Crippen molar-refractivity contribution in [2.75, 3.05) is 6.61 Å². The molecule has 1 rings (SSSR count). The number of rotatable bonds is 5. The Balaban J connectivity index is 2.43. The van der Waals surface area contributed by atoms with E-state index in [4.69, 9.17) is 16.3 Å². The van der Waals surface area contributed by atoms with Crippen molar-refractivity contribution in [2.24, 2.45) is 5.92 Å². The highest BCUT2D eigenvalue weighted by Crippen LogP contribution is 2.22. The van der Waals surface area contributed by atoms with Gasteiger partial charge in [0.2, 0.25) is 0 Å². The Bertz CT molecular complexity index is 337. The van der Waals surface area contributed by atoms with E-state index < -0.39 is 0 Å². The van der Waals surface area contributed by atoms with E-state index in [9.17, 15) is 5.11 Å². The Kier molecular flexibility index (Phi) is 5.10. The van der Waals surface area contributed by atoms with Crippen LogP contribution in [0.5, 0.6) is 5.75 Å². The largest absolute Gasteiger partial charge is 0.493 e. The van der Waals surface area contributed by atoms with Gasteiger partial charge in [-0.05, 0) is 36.6 Å². The first-order valence-corrected chi connectivity index (χ1v) is 5.95. The maximum atomic E-state index is 9.62. The Morgan fingerprint density at radius 1 is 1.38 bits per heavy atom. The van der Waals surface area contributed by atoms with Crippen molar-refractivity contribution in [2.45, 2.75) is 33.3 Å². The summed E-state index contributed by atoms with van der Waals surface area (Å²) in [5, 5.41) is 10.3. The topological polar surface area (TPSA) is 29.5 Å². The van der Waals surface area contributed by atoms with Gasteiger partial charge in [-0.3, -0.25) is 0 Å². The summed E-state index contributed by atoms with van der Waals surface area (Å²) in [4.78, 5) is 0. The van der Waals surface area contributed by atoms with Gasteiger partial charge in [0.1, 0.15) is 5.75 Å². The van der Waals surface area contributed by atoms with E-state index in [-0.39, 0.29) is 12.0 Å². The second kappa shape index (κ2) is 6.12. The van der Waals surface area contributed by atoms with Gasteiger partial charge in [0.15, 0.2) is 0 Å². The van der Waals surface area contributed by atoms with Crippen LogP contribution in [0.3, 0.4) is 0 Å². The summed E-state index contributed by atoms with van der Waals surface area (Å²) in [6, 6.07) is 5.54. The van der Waals surface area contributed by atoms with Gasteiger partial charge in [0.05, 0.1) is 12.7 Å². The molecule has 0 aliphatic carbocycles. The predicted octanol–water partition coefficient (Wildman–Crippen LogP) is 3.43. The third-order valence-corrected chi connectivity index (χ3v) is 2.81. The lowest BCUT2D eigenvalue weighted by Crippen LogP contribution is -2.18. The van der Waals surface area contributed by atoms with Gasteiger partial charge in [-0.15, -0.1) is 0 Å². The molecular formula is C13H19ClO2. The lowest BCUT2D eigenvalue weighted by molar-refractivity contribution is 0.0975. The lowest BCUT2D eigenvalue weighted by atomic mass is 10.1. The zero-order valence-corrected chi connectivity index (χ0v) is 10.8. The molecule has 1 aromatic rings. The summed E-state index contributed by atoms with van der Waals surface area (Å²) in [5.41, 5.74) is 1.02. The average molecular weight is 243 g/mol. The van der Waals surface area contributed by atoms with Crippen molar-refractivity contribution in [1.29, 1.82) is 0 Å². The van der Waals surface area contributed by atoms with E-state index in [1.807, 2.05) is 39.0 Å². The monoisotopic (exact) mass is 242 g/mol. The van der Waals surface area contributed by atoms with Gasteiger partial charge in [-0.25, -0.2) is 0 Å². The van der Waals surface area contributed by atoms with Crippen LogP contribution < -0.4 is 4.74 Å². The smallest absolute Gasteiger partial charge is 0.122 e. The van der Waals surface area contributed by atoms with Crippen molar-refractivity contribution < 1.29 is 9.84 Å². The van der Waals surface area contributed by atoms with Crippen LogP contribution in [0.4, 0.5) is 0 Å². The Hall–Kier alpha value is -0.730. The quantitative estimate of drug-likeness (QED) is 0.857. The van der Waals surface area contributed by atoms with Gasteiger partial charge < -0.3 is 9.84 Å². The molecule has 0 spiro atoms. The summed E-state index contributed by atoms with van der Waals surface area (Å²) in [6.07, 6.45) is 0.354. The SMILES string of the molecule is Cc1cc(Cl)ccc1OCCC(O)C(C)C. The van der Waals surface area contributed by atoms with E-state index in [0.29, 0.717) is 18.1 Å².